The molecule has 0 aliphatic carbocycles. The molecule has 2 rings (SSSR count). The summed E-state index contributed by atoms with van der Waals surface area (Å²) in [7, 11) is 0. The van der Waals surface area contributed by atoms with Gasteiger partial charge in [0.2, 0.25) is 0 Å². The Kier molecular flexibility index (Phi) is 4.27. The fourth-order valence-corrected chi connectivity index (χ4v) is 1.74. The lowest BCUT2D eigenvalue weighted by Crippen LogP contribution is -2.17. The Morgan fingerprint density at radius 1 is 1.18 bits per heavy atom. The molecule has 2 aromatic rings. The Balaban J connectivity index is 1.84. The van der Waals surface area contributed by atoms with Crippen LogP contribution >= 0.6 is 0 Å². The molecule has 0 spiro atoms. The van der Waals surface area contributed by atoms with Crippen molar-refractivity contribution in [2.75, 3.05) is 0 Å². The van der Waals surface area contributed by atoms with E-state index >= 15 is 0 Å². The Bertz CT molecular complexity index is 436. The number of nitrogens with zero attached hydrogens (tertiary/aromatic N) is 3. The van der Waals surface area contributed by atoms with Crippen molar-refractivity contribution in [3.63, 3.8) is 0 Å². The third-order valence-electron chi connectivity index (χ3n) is 2.59. The molecule has 1 N–H and O–H groups in total. The molecule has 0 radical (unpaired) electrons. The van der Waals surface area contributed by atoms with Crippen molar-refractivity contribution in [3.8, 4) is 0 Å². The molecule has 0 aliphatic heterocycles. The highest BCUT2D eigenvalue weighted by Gasteiger charge is 2.02. The zero-order valence-electron chi connectivity index (χ0n) is 10.1. The molecule has 0 bridgehead atoms. The molecule has 0 atom stereocenters. The lowest BCUT2D eigenvalue weighted by Gasteiger charge is -2.06. The molecule has 1 aromatic carbocycles. The molecule has 0 fully saturated rings. The van der Waals surface area contributed by atoms with Gasteiger partial charge in [0.25, 0.3) is 0 Å². The predicted molar refractivity (Wildman–Crippen MR) is 67.3 cm³/mol. The van der Waals surface area contributed by atoms with E-state index in [4.69, 9.17) is 0 Å². The van der Waals surface area contributed by atoms with Gasteiger partial charge in [-0.25, -0.2) is 9.67 Å². The molecule has 17 heavy (non-hydrogen) atoms. The molecular formula is C13H18N4. The largest absolute Gasteiger partial charge is 0.306 e. The minimum Gasteiger partial charge on any atom is -0.306 e. The van der Waals surface area contributed by atoms with Gasteiger partial charge < -0.3 is 5.32 Å². The summed E-state index contributed by atoms with van der Waals surface area (Å²) < 4.78 is 1.96. The van der Waals surface area contributed by atoms with Crippen LogP contribution in [0.3, 0.4) is 0 Å². The first kappa shape index (κ1) is 11.8. The van der Waals surface area contributed by atoms with E-state index in [0.717, 1.165) is 31.9 Å². The number of hydrogen-bond donors (Lipinski definition) is 1. The van der Waals surface area contributed by atoms with Crippen molar-refractivity contribution in [1.29, 1.82) is 0 Å². The topological polar surface area (TPSA) is 42.7 Å². The number of rotatable bonds is 6. The van der Waals surface area contributed by atoms with Crippen LogP contribution in [0.25, 0.3) is 0 Å². The summed E-state index contributed by atoms with van der Waals surface area (Å²) in [6, 6.07) is 10.4. The maximum Gasteiger partial charge on any atom is 0.140 e. The van der Waals surface area contributed by atoms with Crippen molar-refractivity contribution in [3.05, 3.63) is 48.0 Å². The number of aromatic nitrogens is 3. The van der Waals surface area contributed by atoms with Crippen LogP contribution in [-0.2, 0) is 19.6 Å². The van der Waals surface area contributed by atoms with E-state index in [1.807, 2.05) is 10.7 Å². The summed E-state index contributed by atoms with van der Waals surface area (Å²) in [6.07, 6.45) is 2.70. The Hall–Kier alpha value is -1.68. The van der Waals surface area contributed by atoms with Crippen molar-refractivity contribution in [1.82, 2.24) is 20.1 Å². The van der Waals surface area contributed by atoms with Gasteiger partial charge in [0.05, 0.1) is 6.54 Å². The van der Waals surface area contributed by atoms with Gasteiger partial charge in [-0.05, 0) is 12.0 Å². The highest BCUT2D eigenvalue weighted by atomic mass is 15.3. The van der Waals surface area contributed by atoms with Crippen LogP contribution in [0.2, 0.25) is 0 Å². The zero-order valence-corrected chi connectivity index (χ0v) is 10.1. The fourth-order valence-electron chi connectivity index (χ4n) is 1.74. The zero-order chi connectivity index (χ0) is 11.9. The first-order valence-corrected chi connectivity index (χ1v) is 6.01. The minimum absolute atomic E-state index is 0.759. The second-order valence-electron chi connectivity index (χ2n) is 3.99. The Morgan fingerprint density at radius 3 is 2.76 bits per heavy atom. The number of nitrogens with one attached hydrogen (secondary N) is 1. The second-order valence-corrected chi connectivity index (χ2v) is 3.99. The summed E-state index contributed by atoms with van der Waals surface area (Å²) in [6.45, 7) is 4.69. The number of benzene rings is 1. The van der Waals surface area contributed by atoms with Gasteiger partial charge in [0.1, 0.15) is 12.2 Å². The van der Waals surface area contributed by atoms with Gasteiger partial charge in [-0.2, -0.15) is 5.10 Å². The van der Waals surface area contributed by atoms with Crippen LogP contribution in [-0.4, -0.2) is 14.8 Å². The number of aryl methyl sites for hydroxylation is 1. The van der Waals surface area contributed by atoms with E-state index in [2.05, 4.69) is 46.6 Å². The van der Waals surface area contributed by atoms with E-state index in [9.17, 15) is 0 Å². The summed E-state index contributed by atoms with van der Waals surface area (Å²) in [4.78, 5) is 4.26. The van der Waals surface area contributed by atoms with Gasteiger partial charge in [-0.1, -0.05) is 37.3 Å². The van der Waals surface area contributed by atoms with Gasteiger partial charge >= 0.3 is 0 Å². The number of hydrogen-bond acceptors (Lipinski definition) is 3. The molecule has 0 amide bonds. The first-order valence-electron chi connectivity index (χ1n) is 6.01. The van der Waals surface area contributed by atoms with Crippen molar-refractivity contribution < 1.29 is 0 Å². The SMILES string of the molecule is CCCn1ncnc1CNCc1ccccc1. The lowest BCUT2D eigenvalue weighted by atomic mass is 10.2. The van der Waals surface area contributed by atoms with Gasteiger partial charge in [-0.15, -0.1) is 0 Å². The van der Waals surface area contributed by atoms with E-state index in [1.54, 1.807) is 6.33 Å². The summed E-state index contributed by atoms with van der Waals surface area (Å²) >= 11 is 0. The van der Waals surface area contributed by atoms with Gasteiger partial charge in [-0.3, -0.25) is 0 Å². The lowest BCUT2D eigenvalue weighted by molar-refractivity contribution is 0.542. The summed E-state index contributed by atoms with van der Waals surface area (Å²) in [5, 5.41) is 7.58. The predicted octanol–water partition coefficient (Wildman–Crippen LogP) is 1.98. The average molecular weight is 230 g/mol. The molecule has 1 aromatic heterocycles. The molecule has 4 nitrogen and oxygen atoms in total. The Morgan fingerprint density at radius 2 is 2.00 bits per heavy atom. The van der Waals surface area contributed by atoms with Gasteiger partial charge in [0, 0.05) is 13.1 Å². The van der Waals surface area contributed by atoms with Gasteiger partial charge in [0.15, 0.2) is 0 Å². The van der Waals surface area contributed by atoms with Crippen LogP contribution in [0.15, 0.2) is 36.7 Å². The van der Waals surface area contributed by atoms with Crippen LogP contribution in [0.1, 0.15) is 24.7 Å². The van der Waals surface area contributed by atoms with Crippen LogP contribution in [0, 0.1) is 0 Å². The van der Waals surface area contributed by atoms with E-state index in [1.165, 1.54) is 5.56 Å². The normalized spacial score (nSPS) is 10.6. The van der Waals surface area contributed by atoms with Crippen molar-refractivity contribution in [2.24, 2.45) is 0 Å². The fraction of sp³-hybridized carbons (Fsp3) is 0.385. The maximum atomic E-state index is 4.26. The first-order chi connectivity index (χ1) is 8.40. The molecular weight excluding hydrogens is 212 g/mol. The van der Waals surface area contributed by atoms with Crippen LogP contribution in [0.5, 0.6) is 0 Å². The monoisotopic (exact) mass is 230 g/mol. The van der Waals surface area contributed by atoms with E-state index in [0.29, 0.717) is 0 Å². The summed E-state index contributed by atoms with van der Waals surface area (Å²) in [5.41, 5.74) is 1.29. The highest BCUT2D eigenvalue weighted by Crippen LogP contribution is 1.99. The minimum atomic E-state index is 0.759. The standard InChI is InChI=1S/C13H18N4/c1-2-8-17-13(15-11-16-17)10-14-9-12-6-4-3-5-7-12/h3-7,11,14H,2,8-10H2,1H3. The quantitative estimate of drug-likeness (QED) is 0.825. The molecule has 4 heteroatoms. The molecule has 0 unspecified atom stereocenters. The highest BCUT2D eigenvalue weighted by molar-refractivity contribution is 5.14. The smallest absolute Gasteiger partial charge is 0.140 e. The maximum absolute atomic E-state index is 4.26. The van der Waals surface area contributed by atoms with E-state index < -0.39 is 0 Å². The van der Waals surface area contributed by atoms with Crippen LogP contribution < -0.4 is 5.32 Å². The average Bonchev–Trinajstić information content (AvgIpc) is 2.79. The molecule has 0 saturated carbocycles. The van der Waals surface area contributed by atoms with E-state index in [-0.39, 0.29) is 0 Å². The third kappa shape index (κ3) is 3.39. The third-order valence-corrected chi connectivity index (χ3v) is 2.59. The Labute approximate surface area is 102 Å². The van der Waals surface area contributed by atoms with Crippen LogP contribution in [0.4, 0.5) is 0 Å². The summed E-state index contributed by atoms with van der Waals surface area (Å²) in [5.74, 6) is 1.00. The molecule has 0 saturated heterocycles. The molecule has 0 aliphatic rings. The second kappa shape index (κ2) is 6.15. The molecule has 1 heterocycles. The van der Waals surface area contributed by atoms with Crippen molar-refractivity contribution >= 4 is 0 Å². The molecule has 90 valence electrons. The van der Waals surface area contributed by atoms with Crippen molar-refractivity contribution in [2.45, 2.75) is 33.0 Å².